The van der Waals surface area contributed by atoms with Crippen LogP contribution >= 0.6 is 23.2 Å². The highest BCUT2D eigenvalue weighted by Gasteiger charge is 2.11. The van der Waals surface area contributed by atoms with Crippen LogP contribution in [0.5, 0.6) is 0 Å². The third-order valence-electron chi connectivity index (χ3n) is 3.87. The number of benzene rings is 1. The van der Waals surface area contributed by atoms with Crippen molar-refractivity contribution in [3.63, 3.8) is 0 Å². The van der Waals surface area contributed by atoms with Crippen LogP contribution < -0.4 is 10.6 Å². The number of rotatable bonds is 5. The van der Waals surface area contributed by atoms with Crippen molar-refractivity contribution in [1.29, 1.82) is 0 Å². The molecule has 1 unspecified atom stereocenters. The topological polar surface area (TPSA) is 58.4 Å². The smallest absolute Gasteiger partial charge is 0.315 e. The molecular weight excluding hydrogens is 359 g/mol. The van der Waals surface area contributed by atoms with Gasteiger partial charge in [-0.05, 0) is 36.8 Å². The molecule has 7 heteroatoms. The second-order valence-corrected chi connectivity index (χ2v) is 6.56. The van der Waals surface area contributed by atoms with Gasteiger partial charge in [-0.15, -0.1) is 0 Å². The number of pyridine rings is 1. The number of hydrogen-bond acceptors (Lipinski definition) is 2. The van der Waals surface area contributed by atoms with Gasteiger partial charge in [0, 0.05) is 25.4 Å². The molecule has 25 heavy (non-hydrogen) atoms. The molecule has 0 spiro atoms. The zero-order valence-corrected chi connectivity index (χ0v) is 15.2. The maximum Gasteiger partial charge on any atom is 0.315 e. The van der Waals surface area contributed by atoms with E-state index in [1.54, 1.807) is 12.1 Å². The SMILES string of the molecule is CC(NC(=O)NCCc1cn2ccccc2n1)c1ccc(Cl)c(Cl)c1. The van der Waals surface area contributed by atoms with Crippen molar-refractivity contribution in [2.45, 2.75) is 19.4 Å². The second-order valence-electron chi connectivity index (χ2n) is 5.74. The molecule has 0 bridgehead atoms. The Morgan fingerprint density at radius 3 is 2.84 bits per heavy atom. The molecule has 2 amide bonds. The van der Waals surface area contributed by atoms with E-state index in [1.165, 1.54) is 0 Å². The van der Waals surface area contributed by atoms with Crippen molar-refractivity contribution in [1.82, 2.24) is 20.0 Å². The van der Waals surface area contributed by atoms with Crippen molar-refractivity contribution in [2.75, 3.05) is 6.54 Å². The van der Waals surface area contributed by atoms with Crippen LogP contribution in [0.2, 0.25) is 10.0 Å². The molecule has 2 heterocycles. The summed E-state index contributed by atoms with van der Waals surface area (Å²) in [6.45, 7) is 2.39. The predicted molar refractivity (Wildman–Crippen MR) is 100 cm³/mol. The minimum absolute atomic E-state index is 0.176. The first-order valence-corrected chi connectivity index (χ1v) is 8.70. The zero-order valence-electron chi connectivity index (χ0n) is 13.7. The summed E-state index contributed by atoms with van der Waals surface area (Å²) in [7, 11) is 0. The fraction of sp³-hybridized carbons (Fsp3) is 0.222. The highest BCUT2D eigenvalue weighted by Crippen LogP contribution is 2.25. The molecule has 2 aromatic heterocycles. The molecule has 130 valence electrons. The van der Waals surface area contributed by atoms with Gasteiger partial charge in [-0.25, -0.2) is 9.78 Å². The number of aromatic nitrogens is 2. The van der Waals surface area contributed by atoms with Crippen molar-refractivity contribution in [3.8, 4) is 0 Å². The number of carbonyl (C=O) groups is 1. The van der Waals surface area contributed by atoms with Gasteiger partial charge < -0.3 is 15.0 Å². The van der Waals surface area contributed by atoms with Crippen LogP contribution in [0.15, 0.2) is 48.8 Å². The van der Waals surface area contributed by atoms with Crippen LogP contribution in [-0.2, 0) is 6.42 Å². The van der Waals surface area contributed by atoms with E-state index in [0.717, 1.165) is 16.9 Å². The summed E-state index contributed by atoms with van der Waals surface area (Å²) >= 11 is 11.9. The molecule has 0 fully saturated rings. The Kier molecular flexibility index (Phi) is 5.46. The molecule has 3 rings (SSSR count). The maximum absolute atomic E-state index is 12.0. The Hall–Kier alpha value is -2.24. The van der Waals surface area contributed by atoms with Crippen LogP contribution in [0.1, 0.15) is 24.2 Å². The fourth-order valence-electron chi connectivity index (χ4n) is 2.52. The van der Waals surface area contributed by atoms with E-state index in [1.807, 2.05) is 48.0 Å². The third-order valence-corrected chi connectivity index (χ3v) is 4.61. The quantitative estimate of drug-likeness (QED) is 0.699. The first kappa shape index (κ1) is 17.6. The summed E-state index contributed by atoms with van der Waals surface area (Å²) in [4.78, 5) is 16.5. The molecule has 1 atom stereocenters. The molecule has 1 aromatic carbocycles. The van der Waals surface area contributed by atoms with Gasteiger partial charge in [0.05, 0.1) is 21.8 Å². The molecular formula is C18H18Cl2N4O. The lowest BCUT2D eigenvalue weighted by atomic mass is 10.1. The first-order chi connectivity index (χ1) is 12.0. The van der Waals surface area contributed by atoms with Gasteiger partial charge in [0.25, 0.3) is 0 Å². The number of hydrogen-bond donors (Lipinski definition) is 2. The Bertz CT molecular complexity index is 861. The standard InChI is InChI=1S/C18H18Cl2N4O/c1-12(13-5-6-15(19)16(20)10-13)22-18(25)21-8-7-14-11-24-9-3-2-4-17(24)23-14/h2-6,9-12H,7-8H2,1H3,(H2,21,22,25). The van der Waals surface area contributed by atoms with Crippen LogP contribution in [0.3, 0.4) is 0 Å². The summed E-state index contributed by atoms with van der Waals surface area (Å²) < 4.78 is 1.96. The van der Waals surface area contributed by atoms with Gasteiger partial charge >= 0.3 is 6.03 Å². The van der Waals surface area contributed by atoms with Crippen LogP contribution in [0, 0.1) is 0 Å². The van der Waals surface area contributed by atoms with Gasteiger partial charge in [0.2, 0.25) is 0 Å². The first-order valence-electron chi connectivity index (χ1n) is 7.95. The Balaban J connectivity index is 1.49. The van der Waals surface area contributed by atoms with E-state index in [0.29, 0.717) is 23.0 Å². The number of amides is 2. The van der Waals surface area contributed by atoms with Crippen molar-refractivity contribution < 1.29 is 4.79 Å². The van der Waals surface area contributed by atoms with E-state index < -0.39 is 0 Å². The number of urea groups is 1. The molecule has 0 radical (unpaired) electrons. The number of nitrogens with one attached hydrogen (secondary N) is 2. The predicted octanol–water partition coefficient (Wildman–Crippen LogP) is 4.24. The maximum atomic E-state index is 12.0. The summed E-state index contributed by atoms with van der Waals surface area (Å²) in [5.41, 5.74) is 2.73. The lowest BCUT2D eigenvalue weighted by molar-refractivity contribution is 0.238. The Labute approximate surface area is 156 Å². The highest BCUT2D eigenvalue weighted by molar-refractivity contribution is 6.42. The lowest BCUT2D eigenvalue weighted by Crippen LogP contribution is -2.38. The van der Waals surface area contributed by atoms with E-state index in [9.17, 15) is 4.79 Å². The van der Waals surface area contributed by atoms with Crippen molar-refractivity contribution in [3.05, 3.63) is 70.1 Å². The van der Waals surface area contributed by atoms with E-state index in [-0.39, 0.29) is 12.1 Å². The molecule has 0 aliphatic heterocycles. The lowest BCUT2D eigenvalue weighted by Gasteiger charge is -2.15. The van der Waals surface area contributed by atoms with Gasteiger partial charge in [0.15, 0.2) is 0 Å². The number of imidazole rings is 1. The summed E-state index contributed by atoms with van der Waals surface area (Å²) in [5.74, 6) is 0. The molecule has 0 saturated heterocycles. The normalized spacial score (nSPS) is 12.1. The van der Waals surface area contributed by atoms with Crippen LogP contribution in [0.25, 0.3) is 5.65 Å². The fourth-order valence-corrected chi connectivity index (χ4v) is 2.83. The van der Waals surface area contributed by atoms with Gasteiger partial charge in [-0.3, -0.25) is 0 Å². The number of halogens is 2. The van der Waals surface area contributed by atoms with Crippen molar-refractivity contribution >= 4 is 34.9 Å². The third kappa shape index (κ3) is 4.44. The van der Waals surface area contributed by atoms with Crippen LogP contribution in [-0.4, -0.2) is 22.0 Å². The molecule has 5 nitrogen and oxygen atoms in total. The zero-order chi connectivity index (χ0) is 17.8. The molecule has 3 aromatic rings. The minimum atomic E-state index is -0.234. The number of nitrogens with zero attached hydrogens (tertiary/aromatic N) is 2. The average molecular weight is 377 g/mol. The van der Waals surface area contributed by atoms with E-state index in [4.69, 9.17) is 23.2 Å². The number of fused-ring (bicyclic) bond motifs is 1. The summed E-state index contributed by atoms with van der Waals surface area (Å²) in [6, 6.07) is 10.8. The monoisotopic (exact) mass is 376 g/mol. The largest absolute Gasteiger partial charge is 0.338 e. The van der Waals surface area contributed by atoms with Crippen LogP contribution in [0.4, 0.5) is 4.79 Å². The van der Waals surface area contributed by atoms with Gasteiger partial charge in [-0.1, -0.05) is 35.3 Å². The second kappa shape index (κ2) is 7.76. The summed E-state index contributed by atoms with van der Waals surface area (Å²) in [5, 5.41) is 6.69. The van der Waals surface area contributed by atoms with Crippen molar-refractivity contribution in [2.24, 2.45) is 0 Å². The average Bonchev–Trinajstić information content (AvgIpc) is 3.00. The van der Waals surface area contributed by atoms with E-state index >= 15 is 0 Å². The molecule has 0 aliphatic carbocycles. The molecule has 0 aliphatic rings. The molecule has 2 N–H and O–H groups in total. The van der Waals surface area contributed by atoms with Gasteiger partial charge in [0.1, 0.15) is 5.65 Å². The number of carbonyl (C=O) groups excluding carboxylic acids is 1. The van der Waals surface area contributed by atoms with E-state index in [2.05, 4.69) is 15.6 Å². The minimum Gasteiger partial charge on any atom is -0.338 e. The van der Waals surface area contributed by atoms with Gasteiger partial charge in [-0.2, -0.15) is 0 Å². The highest BCUT2D eigenvalue weighted by atomic mass is 35.5. The Morgan fingerprint density at radius 2 is 2.08 bits per heavy atom. The molecule has 0 saturated carbocycles. The Morgan fingerprint density at radius 1 is 1.24 bits per heavy atom. The summed E-state index contributed by atoms with van der Waals surface area (Å²) in [6.07, 6.45) is 4.58.